The molecule has 0 fully saturated rings. The SMILES string of the molecule is INc1noc2ncccc12. The summed E-state index contributed by atoms with van der Waals surface area (Å²) in [5.74, 6) is 0.716. The molecule has 5 heteroatoms. The number of pyridine rings is 1. The van der Waals surface area contributed by atoms with E-state index in [1.165, 1.54) is 0 Å². The lowest BCUT2D eigenvalue weighted by Gasteiger charge is -1.86. The number of nitrogens with zero attached hydrogens (tertiary/aromatic N) is 2. The summed E-state index contributed by atoms with van der Waals surface area (Å²) in [7, 11) is 0. The van der Waals surface area contributed by atoms with Crippen molar-refractivity contribution in [3.63, 3.8) is 0 Å². The van der Waals surface area contributed by atoms with E-state index in [0.717, 1.165) is 5.39 Å². The molecule has 1 N–H and O–H groups in total. The van der Waals surface area contributed by atoms with Crippen LogP contribution in [-0.2, 0) is 0 Å². The predicted molar refractivity (Wildman–Crippen MR) is 49.4 cm³/mol. The van der Waals surface area contributed by atoms with Crippen molar-refractivity contribution in [1.82, 2.24) is 10.1 Å². The van der Waals surface area contributed by atoms with Crippen molar-refractivity contribution in [2.75, 3.05) is 3.53 Å². The van der Waals surface area contributed by atoms with E-state index < -0.39 is 0 Å². The van der Waals surface area contributed by atoms with Gasteiger partial charge in [-0.15, -0.1) is 0 Å². The number of hydrogen-bond acceptors (Lipinski definition) is 4. The van der Waals surface area contributed by atoms with Crippen LogP contribution in [0.4, 0.5) is 5.82 Å². The van der Waals surface area contributed by atoms with Gasteiger partial charge in [-0.2, -0.15) is 0 Å². The normalized spacial score (nSPS) is 10.3. The Hall–Kier alpha value is -0.850. The summed E-state index contributed by atoms with van der Waals surface area (Å²) in [6.45, 7) is 0. The molecule has 0 amide bonds. The first-order valence-corrected chi connectivity index (χ1v) is 4.07. The van der Waals surface area contributed by atoms with Crippen molar-refractivity contribution in [2.24, 2.45) is 0 Å². The van der Waals surface area contributed by atoms with E-state index in [4.69, 9.17) is 4.52 Å². The minimum absolute atomic E-state index is 0.562. The zero-order valence-electron chi connectivity index (χ0n) is 5.41. The van der Waals surface area contributed by atoms with E-state index in [-0.39, 0.29) is 0 Å². The van der Waals surface area contributed by atoms with Crippen LogP contribution < -0.4 is 3.53 Å². The molecular formula is C6H4IN3O. The molecule has 0 aliphatic rings. The monoisotopic (exact) mass is 261 g/mol. The van der Waals surface area contributed by atoms with Gasteiger partial charge < -0.3 is 8.05 Å². The van der Waals surface area contributed by atoms with Crippen LogP contribution in [-0.4, -0.2) is 10.1 Å². The Morgan fingerprint density at radius 2 is 2.45 bits per heavy atom. The Morgan fingerprint density at radius 1 is 1.55 bits per heavy atom. The number of nitrogens with one attached hydrogen (secondary N) is 1. The highest BCUT2D eigenvalue weighted by molar-refractivity contribution is 14.1. The van der Waals surface area contributed by atoms with Gasteiger partial charge in [0.2, 0.25) is 0 Å². The van der Waals surface area contributed by atoms with Gasteiger partial charge in [0.15, 0.2) is 5.82 Å². The lowest BCUT2D eigenvalue weighted by molar-refractivity contribution is 0.453. The van der Waals surface area contributed by atoms with Crippen LogP contribution in [0, 0.1) is 0 Å². The summed E-state index contributed by atoms with van der Waals surface area (Å²) in [4.78, 5) is 3.98. The molecule has 0 aromatic carbocycles. The van der Waals surface area contributed by atoms with Gasteiger partial charge in [-0.1, -0.05) is 5.16 Å². The molecule has 56 valence electrons. The van der Waals surface area contributed by atoms with Crippen LogP contribution in [0.25, 0.3) is 11.1 Å². The Kier molecular flexibility index (Phi) is 1.65. The van der Waals surface area contributed by atoms with E-state index >= 15 is 0 Å². The van der Waals surface area contributed by atoms with Crippen LogP contribution in [0.3, 0.4) is 0 Å². The molecule has 0 aliphatic carbocycles. The minimum Gasteiger partial charge on any atom is -0.334 e. The fourth-order valence-electron chi connectivity index (χ4n) is 0.850. The molecule has 0 spiro atoms. The molecule has 0 unspecified atom stereocenters. The minimum atomic E-state index is 0.562. The summed E-state index contributed by atoms with van der Waals surface area (Å²) in [5, 5.41) is 4.66. The molecular weight excluding hydrogens is 257 g/mol. The Bertz CT molecular complexity index is 373. The van der Waals surface area contributed by atoms with Gasteiger partial charge in [0.1, 0.15) is 0 Å². The molecule has 11 heavy (non-hydrogen) atoms. The van der Waals surface area contributed by atoms with Crippen molar-refractivity contribution < 1.29 is 4.52 Å². The molecule has 0 aliphatic heterocycles. The van der Waals surface area contributed by atoms with Gasteiger partial charge in [0.25, 0.3) is 5.71 Å². The molecule has 0 saturated carbocycles. The van der Waals surface area contributed by atoms with Gasteiger partial charge in [-0.25, -0.2) is 4.98 Å². The molecule has 0 atom stereocenters. The fraction of sp³-hybridized carbons (Fsp3) is 0. The summed E-state index contributed by atoms with van der Waals surface area (Å²) < 4.78 is 7.79. The fourth-order valence-corrected chi connectivity index (χ4v) is 1.24. The zero-order chi connectivity index (χ0) is 7.68. The Morgan fingerprint density at radius 3 is 3.27 bits per heavy atom. The molecule has 0 bridgehead atoms. The molecule has 2 aromatic heterocycles. The highest BCUT2D eigenvalue weighted by atomic mass is 127. The highest BCUT2D eigenvalue weighted by Gasteiger charge is 2.05. The van der Waals surface area contributed by atoms with E-state index in [0.29, 0.717) is 11.5 Å². The molecule has 2 aromatic rings. The number of halogens is 1. The van der Waals surface area contributed by atoms with Gasteiger partial charge in [-0.3, -0.25) is 0 Å². The first-order chi connectivity index (χ1) is 5.42. The second-order valence-electron chi connectivity index (χ2n) is 1.98. The lowest BCUT2D eigenvalue weighted by atomic mass is 10.3. The standard InChI is InChI=1S/C6H4IN3O/c7-9-5-4-2-1-3-8-6(4)11-10-5/h1-3H,(H,9,10). The third-order valence-electron chi connectivity index (χ3n) is 1.34. The molecule has 2 heterocycles. The summed E-state index contributed by atoms with van der Waals surface area (Å²) >= 11 is 2.00. The van der Waals surface area contributed by atoms with E-state index in [9.17, 15) is 0 Å². The second kappa shape index (κ2) is 2.65. The predicted octanol–water partition coefficient (Wildman–Crippen LogP) is 1.98. The molecule has 0 saturated heterocycles. The summed E-state index contributed by atoms with van der Waals surface area (Å²) in [6, 6.07) is 3.75. The lowest BCUT2D eigenvalue weighted by Crippen LogP contribution is -1.77. The van der Waals surface area contributed by atoms with Gasteiger partial charge in [0, 0.05) is 6.20 Å². The van der Waals surface area contributed by atoms with Crippen molar-refractivity contribution in [1.29, 1.82) is 0 Å². The first kappa shape index (κ1) is 6.84. The van der Waals surface area contributed by atoms with Gasteiger partial charge in [0.05, 0.1) is 28.3 Å². The van der Waals surface area contributed by atoms with E-state index in [2.05, 4.69) is 13.7 Å². The van der Waals surface area contributed by atoms with E-state index in [1.54, 1.807) is 6.20 Å². The average Bonchev–Trinajstić information content (AvgIpc) is 2.47. The van der Waals surface area contributed by atoms with Crippen molar-refractivity contribution in [3.05, 3.63) is 18.3 Å². The number of hydrogen-bond donors (Lipinski definition) is 1. The average molecular weight is 261 g/mol. The number of aromatic nitrogens is 2. The second-order valence-corrected chi connectivity index (χ2v) is 2.52. The van der Waals surface area contributed by atoms with Gasteiger partial charge >= 0.3 is 0 Å². The summed E-state index contributed by atoms with van der Waals surface area (Å²) in [5.41, 5.74) is 0.562. The maximum Gasteiger partial charge on any atom is 0.259 e. The van der Waals surface area contributed by atoms with Crippen LogP contribution >= 0.6 is 22.9 Å². The van der Waals surface area contributed by atoms with E-state index in [1.807, 2.05) is 35.0 Å². The highest BCUT2D eigenvalue weighted by Crippen LogP contribution is 2.20. The van der Waals surface area contributed by atoms with Crippen molar-refractivity contribution in [3.8, 4) is 0 Å². The van der Waals surface area contributed by atoms with Crippen LogP contribution in [0.2, 0.25) is 0 Å². The maximum absolute atomic E-state index is 4.91. The third kappa shape index (κ3) is 1.05. The van der Waals surface area contributed by atoms with Crippen LogP contribution in [0.1, 0.15) is 0 Å². The molecule has 4 nitrogen and oxygen atoms in total. The third-order valence-corrected chi connectivity index (χ3v) is 1.85. The zero-order valence-corrected chi connectivity index (χ0v) is 7.57. The summed E-state index contributed by atoms with van der Waals surface area (Å²) in [6.07, 6.45) is 1.67. The number of anilines is 1. The van der Waals surface area contributed by atoms with Crippen LogP contribution in [0.5, 0.6) is 0 Å². The van der Waals surface area contributed by atoms with Gasteiger partial charge in [-0.05, 0) is 12.1 Å². The number of fused-ring (bicyclic) bond motifs is 1. The van der Waals surface area contributed by atoms with Crippen molar-refractivity contribution >= 4 is 39.8 Å². The Balaban J connectivity index is 2.76. The quantitative estimate of drug-likeness (QED) is 0.630. The maximum atomic E-state index is 4.91. The van der Waals surface area contributed by atoms with Crippen LogP contribution in [0.15, 0.2) is 22.9 Å². The smallest absolute Gasteiger partial charge is 0.259 e. The first-order valence-electron chi connectivity index (χ1n) is 2.99. The topological polar surface area (TPSA) is 51.0 Å². The van der Waals surface area contributed by atoms with Crippen molar-refractivity contribution in [2.45, 2.75) is 0 Å². The Labute approximate surface area is 76.5 Å². The largest absolute Gasteiger partial charge is 0.334 e. The number of rotatable bonds is 1. The molecule has 0 radical (unpaired) electrons. The molecule has 2 rings (SSSR count).